The van der Waals surface area contributed by atoms with Gasteiger partial charge in [-0.3, -0.25) is 4.99 Å². The zero-order chi connectivity index (χ0) is 30.6. The summed E-state index contributed by atoms with van der Waals surface area (Å²) in [7, 11) is 0. The van der Waals surface area contributed by atoms with Crippen molar-refractivity contribution in [3.05, 3.63) is 166 Å². The molecule has 1 aromatic heterocycles. The summed E-state index contributed by atoms with van der Waals surface area (Å²) in [4.78, 5) is 6.38. The van der Waals surface area contributed by atoms with E-state index < -0.39 is 0 Å². The molecule has 0 aliphatic heterocycles. The topological polar surface area (TPSA) is 48.2 Å². The monoisotopic (exact) mass is 599 g/mol. The van der Waals surface area contributed by atoms with Crippen LogP contribution in [0.5, 0.6) is 0 Å². The molecule has 0 saturated heterocycles. The number of benzene rings is 5. The first-order chi connectivity index (χ1) is 22.1. The maximum absolute atomic E-state index is 8.79. The number of aliphatic imine (C=N–C) groups is 1. The summed E-state index contributed by atoms with van der Waals surface area (Å²) >= 11 is 1.91. The number of hydrogen-bond donors (Lipinski definition) is 2. The molecule has 0 bridgehead atoms. The van der Waals surface area contributed by atoms with Crippen LogP contribution in [0, 0.1) is 12.3 Å². The van der Waals surface area contributed by atoms with Gasteiger partial charge in [0.25, 0.3) is 0 Å². The zero-order valence-corrected chi connectivity index (χ0v) is 25.9. The molecule has 6 aromatic rings. The molecular weight excluding hydrogens is 567 g/mol. The Balaban J connectivity index is 1.25. The summed E-state index contributed by atoms with van der Waals surface area (Å²) in [5.74, 6) is 0. The van der Waals surface area contributed by atoms with E-state index in [2.05, 4.69) is 84.2 Å². The zero-order valence-electron chi connectivity index (χ0n) is 25.1. The van der Waals surface area contributed by atoms with E-state index in [-0.39, 0.29) is 0 Å². The van der Waals surface area contributed by atoms with Gasteiger partial charge in [0.15, 0.2) is 0 Å². The van der Waals surface area contributed by atoms with E-state index in [0.29, 0.717) is 5.71 Å². The Hall–Kier alpha value is -5.32. The van der Waals surface area contributed by atoms with Gasteiger partial charge < -0.3 is 10.7 Å². The lowest BCUT2D eigenvalue weighted by molar-refractivity contribution is 1.02. The van der Waals surface area contributed by atoms with Crippen molar-refractivity contribution in [1.82, 2.24) is 0 Å². The molecule has 0 amide bonds. The summed E-state index contributed by atoms with van der Waals surface area (Å²) in [6.45, 7) is 2.05. The lowest BCUT2D eigenvalue weighted by atomic mass is 9.98. The molecule has 45 heavy (non-hydrogen) atoms. The van der Waals surface area contributed by atoms with Crippen molar-refractivity contribution in [3.63, 3.8) is 0 Å². The highest BCUT2D eigenvalue weighted by Gasteiger charge is 2.18. The number of rotatable bonds is 8. The van der Waals surface area contributed by atoms with E-state index in [9.17, 15) is 0 Å². The first-order valence-electron chi connectivity index (χ1n) is 15.3. The Kier molecular flexibility index (Phi) is 8.05. The van der Waals surface area contributed by atoms with Crippen LogP contribution in [0.25, 0.3) is 33.0 Å². The van der Waals surface area contributed by atoms with Gasteiger partial charge in [0, 0.05) is 33.3 Å². The van der Waals surface area contributed by atoms with Gasteiger partial charge >= 0.3 is 0 Å². The smallest absolute Gasteiger partial charge is 0.0723 e. The molecule has 5 aromatic carbocycles. The standard InChI is InChI=1S/C41H33N3S/c1-28-12-10-18-32(24-28)37(42)26-38(31-16-6-3-7-17-31)43-27-29-13-11-19-33(25-29)44-40-34(30-14-4-2-5-15-30)22-23-36-35-20-8-9-21-39(35)45-41(36)40/h2-8,10-20,22-27,42,44H,9,21H2,1H3/b38-26-,42-37?,43-27+. The summed E-state index contributed by atoms with van der Waals surface area (Å²) in [6, 6.07) is 41.6. The van der Waals surface area contributed by atoms with Crippen molar-refractivity contribution in [3.8, 4) is 11.1 Å². The summed E-state index contributed by atoms with van der Waals surface area (Å²) in [6.07, 6.45) is 10.5. The Morgan fingerprint density at radius 3 is 2.42 bits per heavy atom. The van der Waals surface area contributed by atoms with Crippen LogP contribution in [-0.4, -0.2) is 11.9 Å². The Morgan fingerprint density at radius 1 is 0.822 bits per heavy atom. The Bertz CT molecular complexity index is 2100. The molecular formula is C41H33N3S. The van der Waals surface area contributed by atoms with Crippen LogP contribution in [-0.2, 0) is 6.42 Å². The molecule has 218 valence electrons. The van der Waals surface area contributed by atoms with E-state index in [4.69, 9.17) is 10.4 Å². The molecule has 1 aliphatic carbocycles. The van der Waals surface area contributed by atoms with Gasteiger partial charge in [-0.15, -0.1) is 11.3 Å². The molecule has 7 rings (SSSR count). The van der Waals surface area contributed by atoms with Crippen molar-refractivity contribution in [1.29, 1.82) is 5.41 Å². The second kappa shape index (κ2) is 12.7. The minimum atomic E-state index is 0.431. The van der Waals surface area contributed by atoms with Crippen LogP contribution >= 0.6 is 11.3 Å². The second-order valence-electron chi connectivity index (χ2n) is 11.3. The van der Waals surface area contributed by atoms with Crippen LogP contribution in [0.15, 0.2) is 138 Å². The molecule has 0 saturated carbocycles. The van der Waals surface area contributed by atoms with Gasteiger partial charge in [-0.25, -0.2) is 0 Å². The van der Waals surface area contributed by atoms with Gasteiger partial charge in [0.1, 0.15) is 0 Å². The first-order valence-corrected chi connectivity index (χ1v) is 16.1. The Labute approximate surface area is 268 Å². The average molecular weight is 600 g/mol. The van der Waals surface area contributed by atoms with Gasteiger partial charge in [0.2, 0.25) is 0 Å². The average Bonchev–Trinajstić information content (AvgIpc) is 3.47. The third-order valence-corrected chi connectivity index (χ3v) is 9.37. The molecule has 0 spiro atoms. The van der Waals surface area contributed by atoms with E-state index >= 15 is 0 Å². The van der Waals surface area contributed by atoms with E-state index in [1.807, 2.05) is 85.1 Å². The van der Waals surface area contributed by atoms with Crippen molar-refractivity contribution in [2.75, 3.05) is 5.32 Å². The minimum absolute atomic E-state index is 0.431. The van der Waals surface area contributed by atoms with Crippen molar-refractivity contribution >= 4 is 56.5 Å². The molecule has 3 nitrogen and oxygen atoms in total. The van der Waals surface area contributed by atoms with Gasteiger partial charge in [0.05, 0.1) is 21.8 Å². The van der Waals surface area contributed by atoms with Crippen molar-refractivity contribution in [2.45, 2.75) is 19.8 Å². The molecule has 1 heterocycles. The van der Waals surface area contributed by atoms with Crippen LogP contribution < -0.4 is 5.32 Å². The van der Waals surface area contributed by atoms with E-state index in [1.165, 1.54) is 31.7 Å². The van der Waals surface area contributed by atoms with Crippen LogP contribution in [0.2, 0.25) is 0 Å². The lowest BCUT2D eigenvalue weighted by Crippen LogP contribution is -1.97. The molecule has 0 unspecified atom stereocenters. The van der Waals surface area contributed by atoms with Crippen molar-refractivity contribution in [2.24, 2.45) is 4.99 Å². The highest BCUT2D eigenvalue weighted by atomic mass is 32.1. The van der Waals surface area contributed by atoms with Gasteiger partial charge in [-0.1, -0.05) is 121 Å². The number of thiophene rings is 1. The third kappa shape index (κ3) is 6.19. The maximum atomic E-state index is 8.79. The fraction of sp³-hybridized carbons (Fsp3) is 0.0732. The summed E-state index contributed by atoms with van der Waals surface area (Å²) in [5, 5.41) is 13.9. The number of allylic oxidation sites excluding steroid dienone is 2. The fourth-order valence-electron chi connectivity index (χ4n) is 5.82. The molecule has 4 heteroatoms. The van der Waals surface area contributed by atoms with Crippen LogP contribution in [0.1, 0.15) is 39.1 Å². The number of aryl methyl sites for hydroxylation is 2. The molecule has 1 aliphatic rings. The van der Waals surface area contributed by atoms with Gasteiger partial charge in [-0.2, -0.15) is 0 Å². The summed E-state index contributed by atoms with van der Waals surface area (Å²) < 4.78 is 1.29. The van der Waals surface area contributed by atoms with Crippen molar-refractivity contribution < 1.29 is 0 Å². The number of hydrogen-bond acceptors (Lipinski definition) is 4. The largest absolute Gasteiger partial charge is 0.354 e. The van der Waals surface area contributed by atoms with Gasteiger partial charge in [-0.05, 0) is 66.3 Å². The third-order valence-electron chi connectivity index (χ3n) is 8.07. The molecule has 0 fully saturated rings. The second-order valence-corrected chi connectivity index (χ2v) is 12.4. The quantitative estimate of drug-likeness (QED) is 0.168. The van der Waals surface area contributed by atoms with E-state index in [1.54, 1.807) is 0 Å². The number of nitrogens with zero attached hydrogens (tertiary/aromatic N) is 1. The van der Waals surface area contributed by atoms with E-state index in [0.717, 1.165) is 52.2 Å². The number of nitrogens with one attached hydrogen (secondary N) is 2. The highest BCUT2D eigenvalue weighted by Crippen LogP contribution is 2.44. The SMILES string of the molecule is Cc1cccc(C(=N)/C=C(\N=C\c2cccc(Nc3c(-c4ccccc4)ccc4c5c(sc34)CCC=C5)c2)c2ccccc2)c1. The normalized spacial score (nSPS) is 12.9. The lowest BCUT2D eigenvalue weighted by Gasteiger charge is -2.15. The maximum Gasteiger partial charge on any atom is 0.0723 e. The molecule has 0 atom stereocenters. The number of anilines is 2. The van der Waals surface area contributed by atoms with Crippen LogP contribution in [0.4, 0.5) is 11.4 Å². The predicted octanol–water partition coefficient (Wildman–Crippen LogP) is 11.1. The Morgan fingerprint density at radius 2 is 1.60 bits per heavy atom. The minimum Gasteiger partial charge on any atom is -0.354 e. The first kappa shape index (κ1) is 28.5. The fourth-order valence-corrected chi connectivity index (χ4v) is 7.12. The summed E-state index contributed by atoms with van der Waals surface area (Å²) in [5.41, 5.74) is 11.0. The molecule has 0 radical (unpaired) electrons. The predicted molar refractivity (Wildman–Crippen MR) is 194 cm³/mol. The van der Waals surface area contributed by atoms with Crippen LogP contribution in [0.3, 0.4) is 0 Å². The number of fused-ring (bicyclic) bond motifs is 3. The molecule has 2 N–H and O–H groups in total. The highest BCUT2D eigenvalue weighted by molar-refractivity contribution is 7.20.